The van der Waals surface area contributed by atoms with Gasteiger partial charge in [-0.3, -0.25) is 9.59 Å². The van der Waals surface area contributed by atoms with Gasteiger partial charge >= 0.3 is 11.8 Å². The summed E-state index contributed by atoms with van der Waals surface area (Å²) in [6, 6.07) is 21.8. The first kappa shape index (κ1) is 21.1. The summed E-state index contributed by atoms with van der Waals surface area (Å²) in [6.07, 6.45) is 1.42. The zero-order chi connectivity index (χ0) is 21.3. The molecule has 0 aliphatic carbocycles. The molecule has 3 rings (SSSR count). The van der Waals surface area contributed by atoms with Gasteiger partial charge in [-0.05, 0) is 42.8 Å². The Bertz CT molecular complexity index is 1080. The van der Waals surface area contributed by atoms with Crippen molar-refractivity contribution in [2.24, 2.45) is 5.10 Å². The molecule has 7 heteroatoms. The van der Waals surface area contributed by atoms with Crippen molar-refractivity contribution in [2.75, 3.05) is 5.32 Å². The number of para-hydroxylation sites is 1. The Kier molecular flexibility index (Phi) is 7.19. The van der Waals surface area contributed by atoms with Gasteiger partial charge in [0.05, 0.1) is 6.21 Å². The SMILES string of the molecule is Cc1cccc(NC(=O)C(=O)N/N=C/c2ccccc2OCc2ccccc2Cl)c1. The fourth-order valence-corrected chi connectivity index (χ4v) is 2.80. The van der Waals surface area contributed by atoms with Crippen LogP contribution in [-0.4, -0.2) is 18.0 Å². The van der Waals surface area contributed by atoms with Gasteiger partial charge in [-0.15, -0.1) is 0 Å². The summed E-state index contributed by atoms with van der Waals surface area (Å²) in [5, 5.41) is 7.01. The number of halogens is 1. The highest BCUT2D eigenvalue weighted by Crippen LogP contribution is 2.20. The van der Waals surface area contributed by atoms with Crippen molar-refractivity contribution in [3.8, 4) is 5.75 Å². The van der Waals surface area contributed by atoms with E-state index < -0.39 is 11.8 Å². The van der Waals surface area contributed by atoms with E-state index in [1.807, 2.05) is 43.3 Å². The number of anilines is 1. The number of carbonyl (C=O) groups excluding carboxylic acids is 2. The highest BCUT2D eigenvalue weighted by atomic mass is 35.5. The monoisotopic (exact) mass is 421 g/mol. The topological polar surface area (TPSA) is 79.8 Å². The van der Waals surface area contributed by atoms with Crippen molar-refractivity contribution < 1.29 is 14.3 Å². The molecule has 30 heavy (non-hydrogen) atoms. The lowest BCUT2D eigenvalue weighted by Gasteiger charge is -2.10. The first-order valence-electron chi connectivity index (χ1n) is 9.19. The summed E-state index contributed by atoms with van der Waals surface area (Å²) in [5.74, 6) is -1.11. The van der Waals surface area contributed by atoms with Crippen molar-refractivity contribution in [3.63, 3.8) is 0 Å². The van der Waals surface area contributed by atoms with Crippen LogP contribution in [0.4, 0.5) is 5.69 Å². The minimum absolute atomic E-state index is 0.287. The number of benzene rings is 3. The standard InChI is InChI=1S/C23H20ClN3O3/c1-16-7-6-10-19(13-16)26-22(28)23(29)27-25-14-17-8-3-5-12-21(17)30-15-18-9-2-4-11-20(18)24/h2-14H,15H2,1H3,(H,26,28)(H,27,29)/b25-14+. The average Bonchev–Trinajstić information content (AvgIpc) is 2.74. The second kappa shape index (κ2) is 10.2. The van der Waals surface area contributed by atoms with Gasteiger partial charge in [0, 0.05) is 21.8 Å². The van der Waals surface area contributed by atoms with Crippen LogP contribution in [0.25, 0.3) is 0 Å². The van der Waals surface area contributed by atoms with Crippen LogP contribution in [0.2, 0.25) is 5.02 Å². The molecule has 0 spiro atoms. The maximum absolute atomic E-state index is 12.0. The van der Waals surface area contributed by atoms with E-state index in [1.54, 1.807) is 36.4 Å². The second-order valence-electron chi connectivity index (χ2n) is 6.44. The molecule has 2 N–H and O–H groups in total. The Labute approximate surface area is 179 Å². The number of amides is 2. The van der Waals surface area contributed by atoms with Crippen LogP contribution < -0.4 is 15.5 Å². The van der Waals surface area contributed by atoms with Gasteiger partial charge in [-0.1, -0.05) is 54.1 Å². The number of ether oxygens (including phenoxy) is 1. The summed E-state index contributed by atoms with van der Waals surface area (Å²) >= 11 is 6.15. The molecule has 0 fully saturated rings. The molecule has 0 radical (unpaired) electrons. The van der Waals surface area contributed by atoms with Crippen LogP contribution in [0, 0.1) is 6.92 Å². The zero-order valence-electron chi connectivity index (χ0n) is 16.3. The molecule has 0 aromatic heterocycles. The maximum Gasteiger partial charge on any atom is 0.329 e. The molecule has 0 unspecified atom stereocenters. The van der Waals surface area contributed by atoms with E-state index in [9.17, 15) is 9.59 Å². The molecule has 2 amide bonds. The van der Waals surface area contributed by atoms with Crippen LogP contribution in [0.1, 0.15) is 16.7 Å². The molecular formula is C23H20ClN3O3. The molecule has 152 valence electrons. The highest BCUT2D eigenvalue weighted by Gasteiger charge is 2.13. The summed E-state index contributed by atoms with van der Waals surface area (Å²) in [7, 11) is 0. The van der Waals surface area contributed by atoms with Gasteiger partial charge in [0.25, 0.3) is 0 Å². The lowest BCUT2D eigenvalue weighted by atomic mass is 10.2. The average molecular weight is 422 g/mol. The Morgan fingerprint density at radius 3 is 2.57 bits per heavy atom. The fourth-order valence-electron chi connectivity index (χ4n) is 2.61. The van der Waals surface area contributed by atoms with Crippen molar-refractivity contribution in [1.29, 1.82) is 0 Å². The summed E-state index contributed by atoms with van der Waals surface area (Å²) in [5.41, 5.74) is 5.23. The van der Waals surface area contributed by atoms with E-state index in [-0.39, 0.29) is 6.61 Å². The number of hydrazone groups is 1. The number of carbonyl (C=O) groups is 2. The van der Waals surface area contributed by atoms with Crippen molar-refractivity contribution in [1.82, 2.24) is 5.43 Å². The fraction of sp³-hybridized carbons (Fsp3) is 0.0870. The number of nitrogens with zero attached hydrogens (tertiary/aromatic N) is 1. The Morgan fingerprint density at radius 1 is 1.00 bits per heavy atom. The third-order valence-electron chi connectivity index (χ3n) is 4.11. The number of nitrogens with one attached hydrogen (secondary N) is 2. The van der Waals surface area contributed by atoms with Crippen molar-refractivity contribution in [3.05, 3.63) is 94.5 Å². The van der Waals surface area contributed by atoms with Gasteiger partial charge < -0.3 is 10.1 Å². The molecular weight excluding hydrogens is 402 g/mol. The highest BCUT2D eigenvalue weighted by molar-refractivity contribution is 6.39. The predicted molar refractivity (Wildman–Crippen MR) is 118 cm³/mol. The lowest BCUT2D eigenvalue weighted by Crippen LogP contribution is -2.32. The van der Waals surface area contributed by atoms with E-state index in [1.165, 1.54) is 6.21 Å². The summed E-state index contributed by atoms with van der Waals surface area (Å²) in [4.78, 5) is 24.0. The number of rotatable bonds is 6. The quantitative estimate of drug-likeness (QED) is 0.353. The van der Waals surface area contributed by atoms with Gasteiger partial charge in [-0.25, -0.2) is 5.43 Å². The molecule has 0 atom stereocenters. The molecule has 0 heterocycles. The van der Waals surface area contributed by atoms with Crippen LogP contribution in [0.15, 0.2) is 77.9 Å². The summed E-state index contributed by atoms with van der Waals surface area (Å²) < 4.78 is 5.83. The molecule has 0 bridgehead atoms. The van der Waals surface area contributed by atoms with Gasteiger partial charge in [0.2, 0.25) is 0 Å². The zero-order valence-corrected chi connectivity index (χ0v) is 17.0. The largest absolute Gasteiger partial charge is 0.488 e. The maximum atomic E-state index is 12.0. The van der Waals surface area contributed by atoms with Gasteiger partial charge in [0.15, 0.2) is 0 Å². The van der Waals surface area contributed by atoms with Crippen LogP contribution >= 0.6 is 11.6 Å². The molecule has 3 aromatic rings. The minimum Gasteiger partial charge on any atom is -0.488 e. The molecule has 0 saturated heterocycles. The van der Waals surface area contributed by atoms with E-state index >= 15 is 0 Å². The third-order valence-corrected chi connectivity index (χ3v) is 4.48. The van der Waals surface area contributed by atoms with Gasteiger partial charge in [0.1, 0.15) is 12.4 Å². The van der Waals surface area contributed by atoms with Gasteiger partial charge in [-0.2, -0.15) is 5.10 Å². The van der Waals surface area contributed by atoms with E-state index in [2.05, 4.69) is 15.8 Å². The smallest absolute Gasteiger partial charge is 0.329 e. The van der Waals surface area contributed by atoms with Crippen molar-refractivity contribution in [2.45, 2.75) is 13.5 Å². The Hall–Kier alpha value is -3.64. The lowest BCUT2D eigenvalue weighted by molar-refractivity contribution is -0.136. The van der Waals surface area contributed by atoms with Crippen molar-refractivity contribution >= 4 is 35.3 Å². The first-order valence-corrected chi connectivity index (χ1v) is 9.57. The normalized spacial score (nSPS) is 10.6. The molecule has 6 nitrogen and oxygen atoms in total. The molecule has 0 aliphatic heterocycles. The first-order chi connectivity index (χ1) is 14.5. The van der Waals surface area contributed by atoms with Crippen LogP contribution in [0.5, 0.6) is 5.75 Å². The van der Waals surface area contributed by atoms with E-state index in [4.69, 9.17) is 16.3 Å². The molecule has 0 aliphatic rings. The van der Waals surface area contributed by atoms with Crippen LogP contribution in [-0.2, 0) is 16.2 Å². The predicted octanol–water partition coefficient (Wildman–Crippen LogP) is 4.32. The summed E-state index contributed by atoms with van der Waals surface area (Å²) in [6.45, 7) is 2.18. The second-order valence-corrected chi connectivity index (χ2v) is 6.85. The Morgan fingerprint density at radius 2 is 1.77 bits per heavy atom. The molecule has 0 saturated carbocycles. The number of aryl methyl sites for hydroxylation is 1. The third kappa shape index (κ3) is 5.93. The van der Waals surface area contributed by atoms with Crippen LogP contribution in [0.3, 0.4) is 0 Å². The van der Waals surface area contributed by atoms with E-state index in [0.717, 1.165) is 11.1 Å². The number of hydrogen-bond donors (Lipinski definition) is 2. The molecule has 3 aromatic carbocycles. The number of hydrogen-bond acceptors (Lipinski definition) is 4. The minimum atomic E-state index is -0.873. The van der Waals surface area contributed by atoms with E-state index in [0.29, 0.717) is 22.0 Å². The Balaban J connectivity index is 1.58.